The fourth-order valence-electron chi connectivity index (χ4n) is 3.23. The molecule has 0 radical (unpaired) electrons. The molecule has 31 heavy (non-hydrogen) atoms. The van der Waals surface area contributed by atoms with Crippen molar-refractivity contribution in [1.29, 1.82) is 0 Å². The predicted molar refractivity (Wildman–Crippen MR) is 123 cm³/mol. The summed E-state index contributed by atoms with van der Waals surface area (Å²) in [4.78, 5) is 19.0. The molecule has 4 aromatic heterocycles. The Morgan fingerprint density at radius 1 is 1.03 bits per heavy atom. The summed E-state index contributed by atoms with van der Waals surface area (Å²) in [6.07, 6.45) is 7.06. The Labute approximate surface area is 187 Å². The molecule has 4 heterocycles. The first-order valence-corrected chi connectivity index (χ1v) is 10.6. The highest BCUT2D eigenvalue weighted by Gasteiger charge is 2.19. The van der Waals surface area contributed by atoms with E-state index in [1.807, 2.05) is 55.7 Å². The minimum Gasteiger partial charge on any atom is -0.381 e. The summed E-state index contributed by atoms with van der Waals surface area (Å²) in [7, 11) is 1.85. The number of fused-ring (bicyclic) bond motifs is 1. The lowest BCUT2D eigenvalue weighted by Gasteiger charge is -2.12. The molecule has 0 spiro atoms. The van der Waals surface area contributed by atoms with E-state index in [1.165, 1.54) is 11.8 Å². The summed E-state index contributed by atoms with van der Waals surface area (Å²) < 4.78 is 1.71. The molecule has 0 amide bonds. The first kappa shape index (κ1) is 19.5. The van der Waals surface area contributed by atoms with Crippen molar-refractivity contribution in [3.8, 4) is 22.6 Å². The average Bonchev–Trinajstić information content (AvgIpc) is 3.22. The molecular weight excluding hydrogens is 430 g/mol. The van der Waals surface area contributed by atoms with E-state index in [0.717, 1.165) is 21.4 Å². The van der Waals surface area contributed by atoms with Gasteiger partial charge in [0.05, 0.1) is 16.2 Å². The highest BCUT2D eigenvalue weighted by molar-refractivity contribution is 7.99. The second-order valence-corrected chi connectivity index (χ2v) is 8.28. The summed E-state index contributed by atoms with van der Waals surface area (Å²) in [6.45, 7) is 0. The van der Waals surface area contributed by atoms with Crippen molar-refractivity contribution in [2.75, 3.05) is 5.73 Å². The second kappa shape index (κ2) is 7.98. The molecule has 0 unspecified atom stereocenters. The van der Waals surface area contributed by atoms with Gasteiger partial charge < -0.3 is 5.73 Å². The normalized spacial score (nSPS) is 11.2. The van der Waals surface area contributed by atoms with Crippen LogP contribution >= 0.6 is 23.4 Å². The van der Waals surface area contributed by atoms with Crippen LogP contribution in [0.3, 0.4) is 0 Å². The van der Waals surface area contributed by atoms with Gasteiger partial charge in [-0.1, -0.05) is 29.4 Å². The van der Waals surface area contributed by atoms with Crippen LogP contribution in [0.15, 0.2) is 77.2 Å². The van der Waals surface area contributed by atoms with E-state index < -0.39 is 0 Å². The summed E-state index contributed by atoms with van der Waals surface area (Å²) in [5.74, 6) is 0.326. The van der Waals surface area contributed by atoms with Crippen molar-refractivity contribution in [1.82, 2.24) is 29.7 Å². The van der Waals surface area contributed by atoms with E-state index in [1.54, 1.807) is 23.3 Å². The monoisotopic (exact) mass is 445 g/mol. The fraction of sp³-hybridized carbons (Fsp3) is 0.0455. The van der Waals surface area contributed by atoms with Gasteiger partial charge in [0.15, 0.2) is 5.82 Å². The molecule has 2 N–H and O–H groups in total. The van der Waals surface area contributed by atoms with Gasteiger partial charge in [0.1, 0.15) is 16.4 Å². The molecule has 0 aliphatic carbocycles. The van der Waals surface area contributed by atoms with Crippen LogP contribution in [0.2, 0.25) is 5.02 Å². The van der Waals surface area contributed by atoms with Gasteiger partial charge in [0, 0.05) is 47.7 Å². The first-order chi connectivity index (χ1) is 15.1. The van der Waals surface area contributed by atoms with Gasteiger partial charge >= 0.3 is 0 Å². The van der Waals surface area contributed by atoms with E-state index >= 15 is 0 Å². The zero-order chi connectivity index (χ0) is 21.4. The third-order valence-corrected chi connectivity index (χ3v) is 5.89. The predicted octanol–water partition coefficient (Wildman–Crippen LogP) is 4.87. The summed E-state index contributed by atoms with van der Waals surface area (Å²) in [5, 5.41) is 6.55. The standard InChI is InChI=1S/C22H16ClN7S/c1-30-9-6-17(29-30)20-19(14-10-13-4-2-8-26-18(13)16(23)11-14)28-22(21(24)27-20)31-15-5-3-7-25-12-15/h2-12H,1H3,(H2,24,27). The van der Waals surface area contributed by atoms with Crippen LogP contribution in [-0.2, 0) is 7.05 Å². The number of nitrogens with zero attached hydrogens (tertiary/aromatic N) is 6. The van der Waals surface area contributed by atoms with Crippen LogP contribution in [0, 0.1) is 0 Å². The Bertz CT molecular complexity index is 1400. The zero-order valence-corrected chi connectivity index (χ0v) is 18.0. The maximum Gasteiger partial charge on any atom is 0.157 e. The van der Waals surface area contributed by atoms with Crippen LogP contribution in [0.1, 0.15) is 0 Å². The molecule has 5 rings (SSSR count). The van der Waals surface area contributed by atoms with E-state index in [4.69, 9.17) is 22.3 Å². The molecule has 0 fully saturated rings. The number of pyridine rings is 2. The Hall–Kier alpha value is -3.49. The number of nitrogens with two attached hydrogens (primary N) is 1. The van der Waals surface area contributed by atoms with Gasteiger partial charge in [-0.15, -0.1) is 0 Å². The third-order valence-electron chi connectivity index (χ3n) is 4.63. The summed E-state index contributed by atoms with van der Waals surface area (Å²) in [6, 6.07) is 13.4. The summed E-state index contributed by atoms with van der Waals surface area (Å²) >= 11 is 7.95. The lowest BCUT2D eigenvalue weighted by molar-refractivity contribution is 0.769. The SMILES string of the molecule is Cn1ccc(-c2nc(N)c(Sc3cccnc3)nc2-c2cc(Cl)c3ncccc3c2)n1. The minimum atomic E-state index is 0.326. The molecule has 0 saturated heterocycles. The Kier molecular flexibility index (Phi) is 5.01. The number of aromatic nitrogens is 6. The molecule has 7 nitrogen and oxygen atoms in total. The number of benzene rings is 1. The van der Waals surface area contributed by atoms with Crippen LogP contribution in [0.25, 0.3) is 33.5 Å². The molecule has 9 heteroatoms. The lowest BCUT2D eigenvalue weighted by Crippen LogP contribution is -2.03. The number of hydrogen-bond donors (Lipinski definition) is 1. The van der Waals surface area contributed by atoms with Crippen molar-refractivity contribution < 1.29 is 0 Å². The minimum absolute atomic E-state index is 0.326. The molecule has 1 aromatic carbocycles. The van der Waals surface area contributed by atoms with Crippen LogP contribution < -0.4 is 5.73 Å². The second-order valence-electron chi connectivity index (χ2n) is 6.81. The number of anilines is 1. The van der Waals surface area contributed by atoms with Crippen LogP contribution in [0.5, 0.6) is 0 Å². The van der Waals surface area contributed by atoms with E-state index in [9.17, 15) is 0 Å². The molecule has 5 aromatic rings. The number of rotatable bonds is 4. The van der Waals surface area contributed by atoms with Gasteiger partial charge in [-0.05, 0) is 36.4 Å². The van der Waals surface area contributed by atoms with E-state index in [-0.39, 0.29) is 0 Å². The molecule has 152 valence electrons. The van der Waals surface area contributed by atoms with Gasteiger partial charge in [0.2, 0.25) is 0 Å². The zero-order valence-electron chi connectivity index (χ0n) is 16.4. The Balaban J connectivity index is 1.72. The smallest absolute Gasteiger partial charge is 0.157 e. The van der Waals surface area contributed by atoms with Crippen molar-refractivity contribution in [3.05, 3.63) is 72.3 Å². The van der Waals surface area contributed by atoms with Crippen molar-refractivity contribution >= 4 is 40.1 Å². The maximum absolute atomic E-state index is 6.55. The molecule has 0 saturated carbocycles. The number of aryl methyl sites for hydroxylation is 1. The van der Waals surface area contributed by atoms with Gasteiger partial charge in [-0.3, -0.25) is 14.6 Å². The van der Waals surface area contributed by atoms with Gasteiger partial charge in [-0.25, -0.2) is 9.97 Å². The Morgan fingerprint density at radius 3 is 2.68 bits per heavy atom. The topological polar surface area (TPSA) is 95.4 Å². The van der Waals surface area contributed by atoms with Gasteiger partial charge in [-0.2, -0.15) is 5.10 Å². The van der Waals surface area contributed by atoms with E-state index in [2.05, 4.69) is 20.1 Å². The highest BCUT2D eigenvalue weighted by atomic mass is 35.5. The number of halogens is 1. The lowest BCUT2D eigenvalue weighted by atomic mass is 10.0. The molecule has 0 atom stereocenters. The molecule has 0 aliphatic rings. The highest BCUT2D eigenvalue weighted by Crippen LogP contribution is 2.37. The Morgan fingerprint density at radius 2 is 1.90 bits per heavy atom. The summed E-state index contributed by atoms with van der Waals surface area (Å²) in [5.41, 5.74) is 9.76. The quantitative estimate of drug-likeness (QED) is 0.421. The third kappa shape index (κ3) is 3.83. The number of hydrogen-bond acceptors (Lipinski definition) is 7. The maximum atomic E-state index is 6.55. The first-order valence-electron chi connectivity index (χ1n) is 9.38. The van der Waals surface area contributed by atoms with Gasteiger partial charge in [0.25, 0.3) is 0 Å². The van der Waals surface area contributed by atoms with Crippen LogP contribution in [-0.4, -0.2) is 29.7 Å². The average molecular weight is 446 g/mol. The van der Waals surface area contributed by atoms with Crippen molar-refractivity contribution in [2.24, 2.45) is 7.05 Å². The van der Waals surface area contributed by atoms with Crippen LogP contribution in [0.4, 0.5) is 5.82 Å². The molecule has 0 aliphatic heterocycles. The van der Waals surface area contributed by atoms with Crippen molar-refractivity contribution in [2.45, 2.75) is 9.92 Å². The number of nitrogen functional groups attached to an aromatic ring is 1. The van der Waals surface area contributed by atoms with Crippen molar-refractivity contribution in [3.63, 3.8) is 0 Å². The molecular formula is C22H16ClN7S. The molecule has 0 bridgehead atoms. The largest absolute Gasteiger partial charge is 0.381 e. The van der Waals surface area contributed by atoms with E-state index in [0.29, 0.717) is 32.9 Å². The fourth-order valence-corrected chi connectivity index (χ4v) is 4.28.